The highest BCUT2D eigenvalue weighted by molar-refractivity contribution is 5.96. The van der Waals surface area contributed by atoms with E-state index in [1.807, 2.05) is 48.5 Å². The van der Waals surface area contributed by atoms with Crippen molar-refractivity contribution < 1.29 is 9.21 Å². The number of carbonyl (C=O) groups is 1. The maximum atomic E-state index is 12.9. The molecule has 164 valence electrons. The van der Waals surface area contributed by atoms with Crippen LogP contribution in [0.2, 0.25) is 0 Å². The smallest absolute Gasteiger partial charge is 0.238 e. The molecule has 0 saturated carbocycles. The fourth-order valence-corrected chi connectivity index (χ4v) is 3.63. The number of fused-ring (bicyclic) bond motifs is 1. The summed E-state index contributed by atoms with van der Waals surface area (Å²) in [5.41, 5.74) is 3.01. The molecule has 1 aromatic heterocycles. The molecule has 0 radical (unpaired) electrons. The number of hydrogen-bond donors (Lipinski definition) is 4. The lowest BCUT2D eigenvalue weighted by atomic mass is 10.1. The normalized spacial score (nSPS) is 17.0. The first kappa shape index (κ1) is 21.5. The zero-order chi connectivity index (χ0) is 21.3. The largest absolute Gasteiger partial charge is 0.436 e. The van der Waals surface area contributed by atoms with Gasteiger partial charge in [0.1, 0.15) is 5.52 Å². The van der Waals surface area contributed by atoms with E-state index in [9.17, 15) is 4.79 Å². The summed E-state index contributed by atoms with van der Waals surface area (Å²) >= 11 is 0. The number of nitrogens with one attached hydrogen (secondary N) is 4. The molecule has 8 heteroatoms. The van der Waals surface area contributed by atoms with Gasteiger partial charge >= 0.3 is 0 Å². The van der Waals surface area contributed by atoms with Gasteiger partial charge in [0, 0.05) is 52.4 Å². The molecule has 8 nitrogen and oxygen atoms in total. The monoisotopic (exact) mass is 422 g/mol. The van der Waals surface area contributed by atoms with Crippen LogP contribution in [0.15, 0.2) is 52.9 Å². The summed E-state index contributed by atoms with van der Waals surface area (Å²) in [6, 6.07) is 15.3. The summed E-state index contributed by atoms with van der Waals surface area (Å²) in [6.45, 7) is 7.45. The highest BCUT2D eigenvalue weighted by Gasteiger charge is 2.16. The Morgan fingerprint density at radius 1 is 0.903 bits per heavy atom. The van der Waals surface area contributed by atoms with E-state index in [1.54, 1.807) is 0 Å². The number of oxazole rings is 1. The van der Waals surface area contributed by atoms with E-state index in [4.69, 9.17) is 4.42 Å². The molecule has 1 aliphatic rings. The molecular formula is C23H30N6O2. The third kappa shape index (κ3) is 6.11. The summed E-state index contributed by atoms with van der Waals surface area (Å²) < 4.78 is 5.91. The second-order valence-corrected chi connectivity index (χ2v) is 7.61. The molecule has 1 saturated heterocycles. The molecule has 0 unspecified atom stereocenters. The van der Waals surface area contributed by atoms with E-state index < -0.39 is 0 Å². The first-order valence-electron chi connectivity index (χ1n) is 10.9. The summed E-state index contributed by atoms with van der Waals surface area (Å²) in [5.74, 6) is 0.461. The minimum absolute atomic E-state index is 0.0441. The van der Waals surface area contributed by atoms with Gasteiger partial charge in [-0.2, -0.15) is 0 Å². The van der Waals surface area contributed by atoms with Crippen molar-refractivity contribution in [3.8, 4) is 11.5 Å². The van der Waals surface area contributed by atoms with Crippen molar-refractivity contribution in [3.05, 3.63) is 48.5 Å². The predicted octanol–water partition coefficient (Wildman–Crippen LogP) is 1.52. The zero-order valence-corrected chi connectivity index (χ0v) is 17.7. The number of para-hydroxylation sites is 3. The molecule has 1 amide bonds. The van der Waals surface area contributed by atoms with Gasteiger partial charge in [-0.15, -0.1) is 0 Å². The number of nitrogens with zero attached hydrogens (tertiary/aromatic N) is 2. The first-order chi connectivity index (χ1) is 15.3. The Morgan fingerprint density at radius 2 is 1.55 bits per heavy atom. The van der Waals surface area contributed by atoms with Crippen molar-refractivity contribution in [1.29, 1.82) is 0 Å². The first-order valence-corrected chi connectivity index (χ1v) is 10.9. The molecule has 31 heavy (non-hydrogen) atoms. The van der Waals surface area contributed by atoms with Gasteiger partial charge in [0.05, 0.1) is 17.8 Å². The van der Waals surface area contributed by atoms with Crippen LogP contribution in [0.3, 0.4) is 0 Å². The van der Waals surface area contributed by atoms with Crippen LogP contribution < -0.4 is 21.3 Å². The second kappa shape index (κ2) is 11.0. The molecule has 1 aliphatic heterocycles. The van der Waals surface area contributed by atoms with Crippen molar-refractivity contribution in [2.45, 2.75) is 0 Å². The van der Waals surface area contributed by atoms with Crippen molar-refractivity contribution in [2.75, 3.05) is 64.2 Å². The van der Waals surface area contributed by atoms with Crippen LogP contribution in [0.5, 0.6) is 0 Å². The van der Waals surface area contributed by atoms with Crippen molar-refractivity contribution in [3.63, 3.8) is 0 Å². The Morgan fingerprint density at radius 3 is 2.29 bits per heavy atom. The maximum Gasteiger partial charge on any atom is 0.238 e. The van der Waals surface area contributed by atoms with Gasteiger partial charge in [-0.3, -0.25) is 9.69 Å². The minimum Gasteiger partial charge on any atom is -0.436 e. The van der Waals surface area contributed by atoms with Crippen LogP contribution in [-0.2, 0) is 4.79 Å². The predicted molar refractivity (Wildman–Crippen MR) is 123 cm³/mol. The molecule has 0 aliphatic carbocycles. The molecule has 0 spiro atoms. The molecule has 4 rings (SSSR count). The molecule has 2 aromatic carbocycles. The number of carbonyl (C=O) groups excluding carboxylic acids is 1. The molecule has 4 N–H and O–H groups in total. The van der Waals surface area contributed by atoms with Gasteiger partial charge in [0.15, 0.2) is 5.58 Å². The minimum atomic E-state index is -0.0441. The zero-order valence-electron chi connectivity index (χ0n) is 17.7. The van der Waals surface area contributed by atoms with E-state index in [2.05, 4.69) is 31.2 Å². The SMILES string of the molecule is O=C(CN1CCNCCNCCNCC1)Nc1ccccc1-c1nc2ccccc2o1. The van der Waals surface area contributed by atoms with E-state index in [-0.39, 0.29) is 5.91 Å². The average molecular weight is 423 g/mol. The van der Waals surface area contributed by atoms with E-state index in [1.165, 1.54) is 0 Å². The molecule has 0 atom stereocenters. The Hall–Kier alpha value is -2.78. The molecule has 3 aromatic rings. The van der Waals surface area contributed by atoms with Crippen LogP contribution in [0.1, 0.15) is 0 Å². The van der Waals surface area contributed by atoms with Gasteiger partial charge in [0.25, 0.3) is 0 Å². The van der Waals surface area contributed by atoms with E-state index in [0.29, 0.717) is 18.1 Å². The highest BCUT2D eigenvalue weighted by Crippen LogP contribution is 2.29. The average Bonchev–Trinajstić information content (AvgIpc) is 3.20. The fourth-order valence-electron chi connectivity index (χ4n) is 3.63. The van der Waals surface area contributed by atoms with Crippen molar-refractivity contribution >= 4 is 22.7 Å². The number of anilines is 1. The summed E-state index contributed by atoms with van der Waals surface area (Å²) in [6.07, 6.45) is 0. The standard InChI is InChI=1S/C23H30N6O2/c30-22(17-29-15-13-25-11-9-24-10-12-26-14-16-29)27-19-6-2-1-5-18(19)23-28-20-7-3-4-8-21(20)31-23/h1-8,24-26H,9-17H2,(H,27,30). The Kier molecular flexibility index (Phi) is 7.62. The number of rotatable bonds is 4. The van der Waals surface area contributed by atoms with Gasteiger partial charge in [-0.05, 0) is 24.3 Å². The molecular weight excluding hydrogens is 392 g/mol. The highest BCUT2D eigenvalue weighted by atomic mass is 16.3. The summed E-state index contributed by atoms with van der Waals surface area (Å²) in [7, 11) is 0. The second-order valence-electron chi connectivity index (χ2n) is 7.61. The summed E-state index contributed by atoms with van der Waals surface area (Å²) in [5, 5.41) is 13.3. The number of benzene rings is 2. The quantitative estimate of drug-likeness (QED) is 0.506. The Bertz CT molecular complexity index is 944. The molecule has 2 heterocycles. The van der Waals surface area contributed by atoms with E-state index >= 15 is 0 Å². The third-order valence-electron chi connectivity index (χ3n) is 5.26. The number of aromatic nitrogens is 1. The molecule has 0 bridgehead atoms. The third-order valence-corrected chi connectivity index (χ3v) is 5.26. The topological polar surface area (TPSA) is 94.5 Å². The summed E-state index contributed by atoms with van der Waals surface area (Å²) in [4.78, 5) is 19.6. The van der Waals surface area contributed by atoms with Crippen LogP contribution in [0.25, 0.3) is 22.6 Å². The van der Waals surface area contributed by atoms with Crippen LogP contribution in [-0.4, -0.2) is 74.7 Å². The van der Waals surface area contributed by atoms with Gasteiger partial charge < -0.3 is 25.7 Å². The van der Waals surface area contributed by atoms with Crippen molar-refractivity contribution in [2.24, 2.45) is 0 Å². The van der Waals surface area contributed by atoms with Gasteiger partial charge in [0.2, 0.25) is 11.8 Å². The Labute approximate surface area is 182 Å². The fraction of sp³-hybridized carbons (Fsp3) is 0.391. The van der Waals surface area contributed by atoms with E-state index in [0.717, 1.165) is 69.0 Å². The van der Waals surface area contributed by atoms with Crippen LogP contribution in [0, 0.1) is 0 Å². The van der Waals surface area contributed by atoms with Crippen LogP contribution >= 0.6 is 0 Å². The number of hydrogen-bond acceptors (Lipinski definition) is 7. The van der Waals surface area contributed by atoms with Gasteiger partial charge in [-0.1, -0.05) is 24.3 Å². The lowest BCUT2D eigenvalue weighted by molar-refractivity contribution is -0.117. The number of amides is 1. The van der Waals surface area contributed by atoms with Crippen molar-refractivity contribution in [1.82, 2.24) is 25.8 Å². The molecule has 1 fully saturated rings. The maximum absolute atomic E-state index is 12.9. The van der Waals surface area contributed by atoms with Crippen LogP contribution in [0.4, 0.5) is 5.69 Å². The van der Waals surface area contributed by atoms with Gasteiger partial charge in [-0.25, -0.2) is 4.98 Å². The lowest BCUT2D eigenvalue weighted by Gasteiger charge is -2.23. The lowest BCUT2D eigenvalue weighted by Crippen LogP contribution is -2.44. The Balaban J connectivity index is 1.41.